The first-order chi connectivity index (χ1) is 7.15. The lowest BCUT2D eigenvalue weighted by atomic mass is 10.3. The van der Waals surface area contributed by atoms with Crippen LogP contribution >= 0.6 is 0 Å². The molecule has 0 aromatic heterocycles. The van der Waals surface area contributed by atoms with Gasteiger partial charge in [0, 0.05) is 32.1 Å². The Morgan fingerprint density at radius 1 is 1.27 bits per heavy atom. The van der Waals surface area contributed by atoms with Gasteiger partial charge in [-0.05, 0) is 12.8 Å². The first-order valence-corrected chi connectivity index (χ1v) is 5.53. The number of hydrogen-bond donors (Lipinski definition) is 3. The molecule has 1 aliphatic carbocycles. The number of nitrogens with one attached hydrogen (secondary N) is 1. The molecule has 1 saturated carbocycles. The van der Waals surface area contributed by atoms with Gasteiger partial charge in [-0.15, -0.1) is 0 Å². The third-order valence-corrected chi connectivity index (χ3v) is 2.93. The molecule has 1 saturated heterocycles. The highest BCUT2D eigenvalue weighted by molar-refractivity contribution is 5.76. The predicted molar refractivity (Wildman–Crippen MR) is 54.2 cm³/mol. The molecular formula is C10H18N2O3. The molecule has 1 aliphatic heterocycles. The fourth-order valence-corrected chi connectivity index (χ4v) is 1.82. The lowest BCUT2D eigenvalue weighted by Gasteiger charge is -2.13. The second-order valence-electron chi connectivity index (χ2n) is 4.49. The van der Waals surface area contributed by atoms with E-state index >= 15 is 0 Å². The number of likely N-dealkylation sites (tertiary alicyclic amines) is 1. The monoisotopic (exact) mass is 214 g/mol. The van der Waals surface area contributed by atoms with Crippen molar-refractivity contribution in [2.45, 2.75) is 37.5 Å². The van der Waals surface area contributed by atoms with E-state index in [4.69, 9.17) is 0 Å². The van der Waals surface area contributed by atoms with E-state index in [0.717, 1.165) is 12.8 Å². The van der Waals surface area contributed by atoms with Gasteiger partial charge in [0.15, 0.2) is 0 Å². The summed E-state index contributed by atoms with van der Waals surface area (Å²) in [5.41, 5.74) is 0. The standard InChI is InChI=1S/C10H18N2O3/c13-8-5-12(6-9(8)14)4-3-10(15)11-7-1-2-7/h7-9,13-14H,1-6H2,(H,11,15)/t8-,9+. The Morgan fingerprint density at radius 3 is 2.40 bits per heavy atom. The van der Waals surface area contributed by atoms with Gasteiger partial charge in [-0.1, -0.05) is 0 Å². The number of amides is 1. The van der Waals surface area contributed by atoms with Gasteiger partial charge in [-0.25, -0.2) is 0 Å². The highest BCUT2D eigenvalue weighted by Crippen LogP contribution is 2.18. The third-order valence-electron chi connectivity index (χ3n) is 2.93. The van der Waals surface area contributed by atoms with Gasteiger partial charge in [-0.2, -0.15) is 0 Å². The molecule has 15 heavy (non-hydrogen) atoms. The number of aliphatic hydroxyl groups is 2. The fraction of sp³-hybridized carbons (Fsp3) is 0.900. The van der Waals surface area contributed by atoms with Crippen LogP contribution in [0.25, 0.3) is 0 Å². The van der Waals surface area contributed by atoms with Crippen LogP contribution in [0, 0.1) is 0 Å². The van der Waals surface area contributed by atoms with Crippen LogP contribution in [0.15, 0.2) is 0 Å². The van der Waals surface area contributed by atoms with Crippen LogP contribution in [-0.4, -0.2) is 58.9 Å². The molecule has 2 fully saturated rings. The van der Waals surface area contributed by atoms with Crippen molar-refractivity contribution in [3.05, 3.63) is 0 Å². The molecule has 0 spiro atoms. The number of β-amino-alcohol motifs (C(OH)–C–C–N with tert-alkyl or cyclic N) is 2. The third kappa shape index (κ3) is 3.15. The normalized spacial score (nSPS) is 31.9. The van der Waals surface area contributed by atoms with E-state index in [0.29, 0.717) is 32.1 Å². The largest absolute Gasteiger partial charge is 0.389 e. The first kappa shape index (κ1) is 10.9. The van der Waals surface area contributed by atoms with Gasteiger partial charge < -0.3 is 15.5 Å². The van der Waals surface area contributed by atoms with E-state index in [9.17, 15) is 15.0 Å². The summed E-state index contributed by atoms with van der Waals surface area (Å²) in [4.78, 5) is 13.3. The van der Waals surface area contributed by atoms with E-state index in [1.165, 1.54) is 0 Å². The first-order valence-electron chi connectivity index (χ1n) is 5.53. The predicted octanol–water partition coefficient (Wildman–Crippen LogP) is -1.31. The Labute approximate surface area is 89.1 Å². The van der Waals surface area contributed by atoms with Crippen molar-refractivity contribution in [3.63, 3.8) is 0 Å². The summed E-state index contributed by atoms with van der Waals surface area (Å²) in [6.07, 6.45) is 1.35. The number of rotatable bonds is 4. The SMILES string of the molecule is O=C(CCN1C[C@@H](O)[C@@H](O)C1)NC1CC1. The van der Waals surface area contributed by atoms with Crippen molar-refractivity contribution in [1.29, 1.82) is 0 Å². The zero-order chi connectivity index (χ0) is 10.8. The summed E-state index contributed by atoms with van der Waals surface area (Å²) >= 11 is 0. The average Bonchev–Trinajstić information content (AvgIpc) is 2.92. The van der Waals surface area contributed by atoms with Crippen molar-refractivity contribution < 1.29 is 15.0 Å². The maximum Gasteiger partial charge on any atom is 0.221 e. The van der Waals surface area contributed by atoms with Gasteiger partial charge in [0.2, 0.25) is 5.91 Å². The van der Waals surface area contributed by atoms with Crippen molar-refractivity contribution in [1.82, 2.24) is 10.2 Å². The Hall–Kier alpha value is -0.650. The van der Waals surface area contributed by atoms with E-state index < -0.39 is 12.2 Å². The number of aliphatic hydroxyl groups excluding tert-OH is 2. The smallest absolute Gasteiger partial charge is 0.221 e. The van der Waals surface area contributed by atoms with Crippen molar-refractivity contribution in [3.8, 4) is 0 Å². The quantitative estimate of drug-likeness (QED) is 0.543. The fourth-order valence-electron chi connectivity index (χ4n) is 1.82. The van der Waals surface area contributed by atoms with Gasteiger partial charge >= 0.3 is 0 Å². The molecule has 0 unspecified atom stereocenters. The van der Waals surface area contributed by atoms with Crippen LogP contribution in [0.4, 0.5) is 0 Å². The number of carbonyl (C=O) groups excluding carboxylic acids is 1. The summed E-state index contributed by atoms with van der Waals surface area (Å²) < 4.78 is 0. The van der Waals surface area contributed by atoms with E-state index in [1.807, 2.05) is 4.90 Å². The second kappa shape index (κ2) is 4.47. The summed E-state index contributed by atoms with van der Waals surface area (Å²) in [5.74, 6) is 0.0772. The van der Waals surface area contributed by atoms with E-state index in [1.54, 1.807) is 0 Å². The van der Waals surface area contributed by atoms with Crippen molar-refractivity contribution >= 4 is 5.91 Å². The number of hydrogen-bond acceptors (Lipinski definition) is 4. The highest BCUT2D eigenvalue weighted by atomic mass is 16.3. The Kier molecular flexibility index (Phi) is 3.23. The molecule has 2 rings (SSSR count). The topological polar surface area (TPSA) is 72.8 Å². The summed E-state index contributed by atoms with van der Waals surface area (Å²) in [7, 11) is 0. The van der Waals surface area contributed by atoms with Crippen molar-refractivity contribution in [2.24, 2.45) is 0 Å². The zero-order valence-corrected chi connectivity index (χ0v) is 8.72. The molecular weight excluding hydrogens is 196 g/mol. The maximum atomic E-state index is 11.4. The van der Waals surface area contributed by atoms with Crippen LogP contribution in [0.2, 0.25) is 0 Å². The maximum absolute atomic E-state index is 11.4. The van der Waals surface area contributed by atoms with E-state index in [-0.39, 0.29) is 5.91 Å². The molecule has 86 valence electrons. The lowest BCUT2D eigenvalue weighted by molar-refractivity contribution is -0.121. The molecule has 5 nitrogen and oxygen atoms in total. The Balaban J connectivity index is 1.62. The summed E-state index contributed by atoms with van der Waals surface area (Å²) in [5, 5.41) is 21.5. The number of nitrogens with zero attached hydrogens (tertiary/aromatic N) is 1. The minimum atomic E-state index is -0.656. The molecule has 2 atom stereocenters. The molecule has 2 aliphatic rings. The summed E-state index contributed by atoms with van der Waals surface area (Å²) in [6.45, 7) is 1.56. The highest BCUT2D eigenvalue weighted by Gasteiger charge is 2.29. The second-order valence-corrected chi connectivity index (χ2v) is 4.49. The van der Waals surface area contributed by atoms with Crippen LogP contribution in [0.5, 0.6) is 0 Å². The molecule has 0 aromatic carbocycles. The van der Waals surface area contributed by atoms with E-state index in [2.05, 4.69) is 5.32 Å². The molecule has 3 N–H and O–H groups in total. The minimum absolute atomic E-state index is 0.0772. The van der Waals surface area contributed by atoms with Gasteiger partial charge in [0.25, 0.3) is 0 Å². The lowest BCUT2D eigenvalue weighted by Crippen LogP contribution is -2.31. The average molecular weight is 214 g/mol. The van der Waals surface area contributed by atoms with Crippen LogP contribution in [0.3, 0.4) is 0 Å². The van der Waals surface area contributed by atoms with Crippen LogP contribution in [0.1, 0.15) is 19.3 Å². The Morgan fingerprint density at radius 2 is 1.87 bits per heavy atom. The molecule has 0 aromatic rings. The molecule has 0 bridgehead atoms. The van der Waals surface area contributed by atoms with Crippen molar-refractivity contribution in [2.75, 3.05) is 19.6 Å². The number of carbonyl (C=O) groups is 1. The molecule has 1 amide bonds. The zero-order valence-electron chi connectivity index (χ0n) is 8.72. The summed E-state index contributed by atoms with van der Waals surface area (Å²) in [6, 6.07) is 0.409. The minimum Gasteiger partial charge on any atom is -0.389 e. The van der Waals surface area contributed by atoms with Gasteiger partial charge in [0.05, 0.1) is 12.2 Å². The molecule has 1 heterocycles. The molecule has 0 radical (unpaired) electrons. The molecule has 5 heteroatoms. The van der Waals surface area contributed by atoms with Gasteiger partial charge in [-0.3, -0.25) is 9.69 Å². The van der Waals surface area contributed by atoms with Gasteiger partial charge in [0.1, 0.15) is 0 Å². The van der Waals surface area contributed by atoms with Crippen LogP contribution in [-0.2, 0) is 4.79 Å². The van der Waals surface area contributed by atoms with Crippen LogP contribution < -0.4 is 5.32 Å². The Bertz CT molecular complexity index is 233.